The summed E-state index contributed by atoms with van der Waals surface area (Å²) in [5, 5.41) is 20.4. The summed E-state index contributed by atoms with van der Waals surface area (Å²) in [7, 11) is 0. The molecule has 2 aromatic heterocycles. The number of carboxylic acid groups (broad SMARTS) is 1. The first-order valence-electron chi connectivity index (χ1n) is 10.3. The van der Waals surface area contributed by atoms with Crippen LogP contribution in [0.15, 0.2) is 11.1 Å². The fraction of sp³-hybridized carbons (Fsp3) is 0.556. The van der Waals surface area contributed by atoms with E-state index in [1.807, 2.05) is 0 Å². The third-order valence-electron chi connectivity index (χ3n) is 5.54. The summed E-state index contributed by atoms with van der Waals surface area (Å²) in [6.07, 6.45) is 2.64. The average Bonchev–Trinajstić information content (AvgIpc) is 3.38. The zero-order valence-corrected chi connectivity index (χ0v) is 17.8. The maximum absolute atomic E-state index is 12.9. The second-order valence-corrected chi connectivity index (χ2v) is 7.86. The van der Waals surface area contributed by atoms with Crippen LogP contribution < -0.4 is 22.8 Å². The Morgan fingerprint density at radius 2 is 2.06 bits per heavy atom. The van der Waals surface area contributed by atoms with Crippen LogP contribution in [0.3, 0.4) is 0 Å². The van der Waals surface area contributed by atoms with E-state index in [9.17, 15) is 29.5 Å². The van der Waals surface area contributed by atoms with E-state index in [2.05, 4.69) is 15.0 Å². The Kier molecular flexibility index (Phi) is 7.25. The number of nitrogens with two attached hydrogens (primary N) is 3. The Morgan fingerprint density at radius 1 is 1.33 bits per heavy atom. The first-order valence-corrected chi connectivity index (χ1v) is 10.3. The number of hydrogen-bond donors (Lipinski definition) is 6. The van der Waals surface area contributed by atoms with Gasteiger partial charge in [-0.2, -0.15) is 4.98 Å². The third kappa shape index (κ3) is 5.10. The van der Waals surface area contributed by atoms with Gasteiger partial charge >= 0.3 is 5.97 Å². The van der Waals surface area contributed by atoms with Crippen molar-refractivity contribution in [2.45, 2.75) is 50.4 Å². The van der Waals surface area contributed by atoms with Gasteiger partial charge in [0.1, 0.15) is 12.6 Å². The number of imidazole rings is 1. The number of anilines is 1. The summed E-state index contributed by atoms with van der Waals surface area (Å²) in [4.78, 5) is 60.3. The molecule has 1 aliphatic rings. The number of carbonyl (C=O) groups excluding carboxylic acids is 2. The number of fused-ring (bicyclic) bond motifs is 1. The molecule has 33 heavy (non-hydrogen) atoms. The number of carbonyl (C=O) groups is 3. The number of hydrogen-bond acceptors (Lipinski definition) is 10. The molecule has 15 nitrogen and oxygen atoms in total. The highest BCUT2D eigenvalue weighted by Crippen LogP contribution is 2.23. The number of rotatable bonds is 9. The van der Waals surface area contributed by atoms with Crippen molar-refractivity contribution in [3.8, 4) is 0 Å². The Hall–Kier alpha value is -3.56. The lowest BCUT2D eigenvalue weighted by atomic mass is 10.1. The number of likely N-dealkylation sites (tertiary alicyclic amines) is 1. The van der Waals surface area contributed by atoms with Gasteiger partial charge in [0.15, 0.2) is 11.2 Å². The van der Waals surface area contributed by atoms with Crippen LogP contribution in [0, 0.1) is 0 Å². The molecule has 0 unspecified atom stereocenters. The van der Waals surface area contributed by atoms with Crippen molar-refractivity contribution in [1.29, 1.82) is 0 Å². The number of H-pyrrole nitrogens is 1. The van der Waals surface area contributed by atoms with Crippen molar-refractivity contribution < 1.29 is 24.7 Å². The number of unbranched alkanes of at least 4 members (excludes halogenated alkanes) is 1. The molecule has 0 aromatic carbocycles. The number of aromatic amines is 1. The highest BCUT2D eigenvalue weighted by molar-refractivity contribution is 5.86. The van der Waals surface area contributed by atoms with E-state index >= 15 is 0 Å². The Morgan fingerprint density at radius 3 is 2.73 bits per heavy atom. The molecule has 1 saturated heterocycles. The van der Waals surface area contributed by atoms with Gasteiger partial charge in [-0.15, -0.1) is 0 Å². The molecule has 2 aromatic rings. The molecule has 3 rings (SSSR count). The molecule has 1 aliphatic heterocycles. The van der Waals surface area contributed by atoms with Gasteiger partial charge in [0, 0.05) is 13.0 Å². The Labute approximate surface area is 187 Å². The number of carboxylic acids is 1. The van der Waals surface area contributed by atoms with Gasteiger partial charge < -0.3 is 31.8 Å². The summed E-state index contributed by atoms with van der Waals surface area (Å²) in [5.41, 5.74) is 16.3. The van der Waals surface area contributed by atoms with Crippen molar-refractivity contribution in [2.24, 2.45) is 11.5 Å². The third-order valence-corrected chi connectivity index (χ3v) is 5.54. The second-order valence-electron chi connectivity index (χ2n) is 7.86. The van der Waals surface area contributed by atoms with Crippen LogP contribution in [0.5, 0.6) is 0 Å². The van der Waals surface area contributed by atoms with Crippen LogP contribution in [0.2, 0.25) is 0 Å². The first kappa shape index (κ1) is 24.1. The normalized spacial score (nSPS) is 19.1. The molecule has 0 aliphatic carbocycles. The maximum atomic E-state index is 12.9. The fourth-order valence-corrected chi connectivity index (χ4v) is 3.81. The molecular weight excluding hydrogens is 438 g/mol. The number of aliphatic carboxylic acids is 1. The second kappa shape index (κ2) is 9.93. The van der Waals surface area contributed by atoms with E-state index in [1.54, 1.807) is 0 Å². The number of amides is 2. The number of aromatic nitrogens is 4. The fourth-order valence-electron chi connectivity index (χ4n) is 3.81. The van der Waals surface area contributed by atoms with Gasteiger partial charge in [-0.05, 0) is 19.4 Å². The molecule has 0 saturated carbocycles. The lowest BCUT2D eigenvalue weighted by Gasteiger charge is -2.25. The van der Waals surface area contributed by atoms with Crippen LogP contribution in [-0.2, 0) is 20.9 Å². The lowest BCUT2D eigenvalue weighted by molar-refractivity contribution is -0.176. The zero-order valence-electron chi connectivity index (χ0n) is 17.8. The molecule has 3 atom stereocenters. The summed E-state index contributed by atoms with van der Waals surface area (Å²) < 4.78 is 1.27. The monoisotopic (exact) mass is 465 g/mol. The number of hydroxylamine groups is 2. The number of nitrogen functional groups attached to an aromatic ring is 1. The summed E-state index contributed by atoms with van der Waals surface area (Å²) in [5.74, 6) is -2.83. The molecule has 0 bridgehead atoms. The maximum Gasteiger partial charge on any atom is 0.326 e. The molecule has 9 N–H and O–H groups in total. The number of nitrogens with one attached hydrogen (secondary N) is 1. The minimum Gasteiger partial charge on any atom is -0.480 e. The molecular formula is C18H27N9O6. The summed E-state index contributed by atoms with van der Waals surface area (Å²) >= 11 is 0. The largest absolute Gasteiger partial charge is 0.480 e. The van der Waals surface area contributed by atoms with Crippen molar-refractivity contribution in [1.82, 2.24) is 29.5 Å². The van der Waals surface area contributed by atoms with Crippen molar-refractivity contribution >= 4 is 34.9 Å². The molecule has 180 valence electrons. The molecule has 0 radical (unpaired) electrons. The smallest absolute Gasteiger partial charge is 0.326 e. The standard InChI is InChI=1S/C18H27N9O6/c19-4-2-1-3-10(20)16(30)27(33)9-5-11(17(31)32)26(6-9)12(28)7-25-8-22-13-14(25)23-18(21)24-15(13)29/h8-11,33H,1-7,19-20H2,(H,31,32)(H3,21,23,24,29)/t9-,10+,11+/m1/s1. The molecule has 1 fully saturated rings. The van der Waals surface area contributed by atoms with Crippen LogP contribution in [0.1, 0.15) is 25.7 Å². The van der Waals surface area contributed by atoms with E-state index in [0.29, 0.717) is 30.9 Å². The van der Waals surface area contributed by atoms with Crippen LogP contribution in [0.25, 0.3) is 11.2 Å². The molecule has 2 amide bonds. The van der Waals surface area contributed by atoms with Crippen molar-refractivity contribution in [2.75, 3.05) is 18.8 Å². The highest BCUT2D eigenvalue weighted by Gasteiger charge is 2.43. The van der Waals surface area contributed by atoms with Crippen LogP contribution >= 0.6 is 0 Å². The molecule has 0 spiro atoms. The van der Waals surface area contributed by atoms with Crippen molar-refractivity contribution in [3.05, 3.63) is 16.7 Å². The Balaban J connectivity index is 1.73. The minimum atomic E-state index is -1.28. The van der Waals surface area contributed by atoms with E-state index < -0.39 is 41.5 Å². The number of nitrogens with zero attached hydrogens (tertiary/aromatic N) is 5. The summed E-state index contributed by atoms with van der Waals surface area (Å²) in [6.45, 7) is -0.135. The summed E-state index contributed by atoms with van der Waals surface area (Å²) in [6, 6.07) is -3.18. The van der Waals surface area contributed by atoms with E-state index in [0.717, 1.165) is 4.90 Å². The molecule has 3 heterocycles. The molecule has 15 heteroatoms. The topological polar surface area (TPSA) is 240 Å². The predicted molar refractivity (Wildman–Crippen MR) is 114 cm³/mol. The van der Waals surface area contributed by atoms with Gasteiger partial charge in [-0.1, -0.05) is 6.42 Å². The highest BCUT2D eigenvalue weighted by atomic mass is 16.5. The van der Waals surface area contributed by atoms with Gasteiger partial charge in [0.05, 0.1) is 18.4 Å². The minimum absolute atomic E-state index is 0.0261. The predicted octanol–water partition coefficient (Wildman–Crippen LogP) is -2.57. The van der Waals surface area contributed by atoms with Gasteiger partial charge in [0.25, 0.3) is 11.5 Å². The average molecular weight is 465 g/mol. The zero-order chi connectivity index (χ0) is 24.3. The van der Waals surface area contributed by atoms with E-state index in [1.165, 1.54) is 10.9 Å². The first-order chi connectivity index (χ1) is 15.6. The Bertz CT molecular complexity index is 1100. The van der Waals surface area contributed by atoms with Crippen LogP contribution in [-0.4, -0.2) is 88.8 Å². The SMILES string of the molecule is NCCCC[C@H](N)C(=O)N(O)[C@@H]1C[C@@H](C(=O)O)N(C(=O)Cn2cnc3c(=O)[nH]c(N)nc32)C1. The van der Waals surface area contributed by atoms with E-state index in [-0.39, 0.29) is 36.6 Å². The van der Waals surface area contributed by atoms with E-state index in [4.69, 9.17) is 17.2 Å². The van der Waals surface area contributed by atoms with Gasteiger partial charge in [0.2, 0.25) is 11.9 Å². The quantitative estimate of drug-likeness (QED) is 0.128. The van der Waals surface area contributed by atoms with Crippen molar-refractivity contribution in [3.63, 3.8) is 0 Å². The van der Waals surface area contributed by atoms with Gasteiger partial charge in [-0.25, -0.2) is 14.8 Å². The lowest BCUT2D eigenvalue weighted by Crippen LogP contribution is -2.48. The van der Waals surface area contributed by atoms with Crippen LogP contribution in [0.4, 0.5) is 5.95 Å². The van der Waals surface area contributed by atoms with Gasteiger partial charge in [-0.3, -0.25) is 24.6 Å².